The number of aromatic hydroxyl groups is 2. The molecule has 0 atom stereocenters. The monoisotopic (exact) mass is 296 g/mol. The highest BCUT2D eigenvalue weighted by Gasteiger charge is 2.21. The minimum atomic E-state index is -0.165. The van der Waals surface area contributed by atoms with Gasteiger partial charge in [0.2, 0.25) is 0 Å². The minimum Gasteiger partial charge on any atom is -0.507 e. The van der Waals surface area contributed by atoms with Crippen molar-refractivity contribution < 1.29 is 10.2 Å². The maximum absolute atomic E-state index is 10.5. The largest absolute Gasteiger partial charge is 0.507 e. The highest BCUT2D eigenvalue weighted by molar-refractivity contribution is 5.55. The maximum atomic E-state index is 10.5. The Kier molecular flexibility index (Phi) is 4.60. The van der Waals surface area contributed by atoms with Crippen LogP contribution in [-0.4, -0.2) is 10.2 Å². The van der Waals surface area contributed by atoms with Crippen LogP contribution in [0.2, 0.25) is 0 Å². The fourth-order valence-corrected chi connectivity index (χ4v) is 3.03. The molecule has 0 aliphatic carbocycles. The molecule has 0 bridgehead atoms. The van der Waals surface area contributed by atoms with Crippen molar-refractivity contribution in [3.63, 3.8) is 0 Å². The summed E-state index contributed by atoms with van der Waals surface area (Å²) in [6.07, 6.45) is 3.97. The van der Waals surface area contributed by atoms with E-state index in [0.717, 1.165) is 33.4 Å². The number of rotatable bonds is 3. The number of aryl methyl sites for hydroxylation is 4. The third kappa shape index (κ3) is 3.01. The van der Waals surface area contributed by atoms with Crippen molar-refractivity contribution in [3.8, 4) is 11.5 Å². The molecule has 0 heterocycles. The summed E-state index contributed by atoms with van der Waals surface area (Å²) in [5, 5.41) is 21.0. The highest BCUT2D eigenvalue weighted by Crippen LogP contribution is 2.40. The molecular weight excluding hydrogens is 272 g/mol. The molecule has 0 unspecified atom stereocenters. The molecule has 2 aromatic carbocycles. The summed E-state index contributed by atoms with van der Waals surface area (Å²) in [6, 6.07) is 7.91. The van der Waals surface area contributed by atoms with E-state index in [1.807, 2.05) is 71.0 Å². The first-order valence-corrected chi connectivity index (χ1v) is 7.58. The van der Waals surface area contributed by atoms with Gasteiger partial charge in [0.1, 0.15) is 11.5 Å². The maximum Gasteiger partial charge on any atom is 0.122 e. The van der Waals surface area contributed by atoms with Gasteiger partial charge >= 0.3 is 0 Å². The molecule has 2 rings (SSSR count). The first-order valence-electron chi connectivity index (χ1n) is 7.58. The van der Waals surface area contributed by atoms with E-state index in [1.54, 1.807) is 0 Å². The second-order valence-corrected chi connectivity index (χ2v) is 6.04. The molecule has 0 aromatic heterocycles. The summed E-state index contributed by atoms with van der Waals surface area (Å²) in [4.78, 5) is 0. The van der Waals surface area contributed by atoms with E-state index in [9.17, 15) is 10.2 Å². The predicted molar refractivity (Wildman–Crippen MR) is 91.8 cm³/mol. The number of allylic oxidation sites excluding steroid dienone is 2. The third-order valence-electron chi connectivity index (χ3n) is 4.00. The lowest BCUT2D eigenvalue weighted by molar-refractivity contribution is 0.455. The molecule has 0 saturated carbocycles. The van der Waals surface area contributed by atoms with Gasteiger partial charge in [0.15, 0.2) is 0 Å². The first-order chi connectivity index (χ1) is 10.3. The molecule has 22 heavy (non-hydrogen) atoms. The van der Waals surface area contributed by atoms with Crippen LogP contribution >= 0.6 is 0 Å². The second kappa shape index (κ2) is 6.27. The molecule has 0 aliphatic heterocycles. The summed E-state index contributed by atoms with van der Waals surface area (Å²) in [6.45, 7) is 9.79. The zero-order valence-corrected chi connectivity index (χ0v) is 13.9. The molecule has 0 radical (unpaired) electrons. The Morgan fingerprint density at radius 2 is 1.18 bits per heavy atom. The van der Waals surface area contributed by atoms with Gasteiger partial charge in [-0.25, -0.2) is 0 Å². The van der Waals surface area contributed by atoms with E-state index in [4.69, 9.17) is 0 Å². The molecule has 0 fully saturated rings. The van der Waals surface area contributed by atoms with Crippen LogP contribution in [0.5, 0.6) is 11.5 Å². The number of phenolic OH excluding ortho intramolecular Hbond substituents is 2. The van der Waals surface area contributed by atoms with Crippen molar-refractivity contribution in [3.05, 3.63) is 69.8 Å². The van der Waals surface area contributed by atoms with Gasteiger partial charge in [0, 0.05) is 17.0 Å². The predicted octanol–water partition coefficient (Wildman–Crippen LogP) is 5.04. The van der Waals surface area contributed by atoms with Gasteiger partial charge in [-0.1, -0.05) is 47.5 Å². The van der Waals surface area contributed by atoms with E-state index < -0.39 is 0 Å². The van der Waals surface area contributed by atoms with E-state index in [2.05, 4.69) is 0 Å². The van der Waals surface area contributed by atoms with Gasteiger partial charge in [-0.3, -0.25) is 0 Å². The summed E-state index contributed by atoms with van der Waals surface area (Å²) < 4.78 is 0. The number of phenols is 2. The quantitative estimate of drug-likeness (QED) is 0.779. The summed E-state index contributed by atoms with van der Waals surface area (Å²) in [7, 11) is 0. The van der Waals surface area contributed by atoms with Crippen molar-refractivity contribution in [1.29, 1.82) is 0 Å². The SMILES string of the molecule is CC=CC(c1cc(C)cc(C)c1O)c1cc(C)cc(C)c1O. The zero-order chi connectivity index (χ0) is 16.4. The Bertz CT molecular complexity index is 669. The molecule has 2 aromatic rings. The van der Waals surface area contributed by atoms with Crippen LogP contribution in [0.25, 0.3) is 0 Å². The number of benzene rings is 2. The van der Waals surface area contributed by atoms with Crippen LogP contribution in [0.3, 0.4) is 0 Å². The third-order valence-corrected chi connectivity index (χ3v) is 4.00. The highest BCUT2D eigenvalue weighted by atomic mass is 16.3. The molecule has 2 N–H and O–H groups in total. The van der Waals surface area contributed by atoms with Gasteiger partial charge in [0.25, 0.3) is 0 Å². The average Bonchev–Trinajstić information content (AvgIpc) is 2.44. The molecular formula is C20H24O2. The van der Waals surface area contributed by atoms with Crippen LogP contribution in [0.1, 0.15) is 46.2 Å². The number of hydrogen-bond acceptors (Lipinski definition) is 2. The molecule has 0 spiro atoms. The second-order valence-electron chi connectivity index (χ2n) is 6.04. The van der Waals surface area contributed by atoms with E-state index >= 15 is 0 Å². The van der Waals surface area contributed by atoms with Crippen molar-refractivity contribution in [1.82, 2.24) is 0 Å². The van der Waals surface area contributed by atoms with E-state index in [1.165, 1.54) is 0 Å². The van der Waals surface area contributed by atoms with Crippen molar-refractivity contribution in [2.24, 2.45) is 0 Å². The fraction of sp³-hybridized carbons (Fsp3) is 0.300. The Hall–Kier alpha value is -2.22. The smallest absolute Gasteiger partial charge is 0.122 e. The normalized spacial score (nSPS) is 11.5. The van der Waals surface area contributed by atoms with Crippen molar-refractivity contribution >= 4 is 0 Å². The van der Waals surface area contributed by atoms with Gasteiger partial charge in [-0.05, 0) is 45.7 Å². The van der Waals surface area contributed by atoms with Crippen LogP contribution in [0.15, 0.2) is 36.4 Å². The minimum absolute atomic E-state index is 0.165. The van der Waals surface area contributed by atoms with Gasteiger partial charge in [-0.2, -0.15) is 0 Å². The Balaban J connectivity index is 2.72. The van der Waals surface area contributed by atoms with Crippen LogP contribution in [0, 0.1) is 27.7 Å². The fourth-order valence-electron chi connectivity index (χ4n) is 3.03. The van der Waals surface area contributed by atoms with E-state index in [-0.39, 0.29) is 5.92 Å². The molecule has 116 valence electrons. The molecule has 2 heteroatoms. The summed E-state index contributed by atoms with van der Waals surface area (Å²) in [5.41, 5.74) is 5.57. The lowest BCUT2D eigenvalue weighted by Gasteiger charge is -2.20. The first kappa shape index (κ1) is 16.2. The lowest BCUT2D eigenvalue weighted by atomic mass is 9.86. The molecule has 0 amide bonds. The van der Waals surface area contributed by atoms with E-state index in [0.29, 0.717) is 11.5 Å². The van der Waals surface area contributed by atoms with Gasteiger partial charge in [0.05, 0.1) is 0 Å². The molecule has 0 aliphatic rings. The topological polar surface area (TPSA) is 40.5 Å². The average molecular weight is 296 g/mol. The van der Waals surface area contributed by atoms with Crippen LogP contribution in [0.4, 0.5) is 0 Å². The Labute approximate surface area is 132 Å². The number of hydrogen-bond donors (Lipinski definition) is 2. The molecule has 2 nitrogen and oxygen atoms in total. The van der Waals surface area contributed by atoms with Crippen molar-refractivity contribution in [2.45, 2.75) is 40.5 Å². The Morgan fingerprint density at radius 1 is 0.773 bits per heavy atom. The summed E-state index contributed by atoms with van der Waals surface area (Å²) in [5.74, 6) is 0.432. The summed E-state index contributed by atoms with van der Waals surface area (Å²) >= 11 is 0. The van der Waals surface area contributed by atoms with Gasteiger partial charge in [-0.15, -0.1) is 0 Å². The van der Waals surface area contributed by atoms with Crippen LogP contribution in [-0.2, 0) is 0 Å². The Morgan fingerprint density at radius 3 is 1.55 bits per heavy atom. The standard InChI is InChI=1S/C20H24O2/c1-6-7-16(17-10-12(2)8-14(4)19(17)21)18-11-13(3)9-15(5)20(18)22/h6-11,16,21-22H,1-5H3. The van der Waals surface area contributed by atoms with Crippen LogP contribution < -0.4 is 0 Å². The zero-order valence-electron chi connectivity index (χ0n) is 13.9. The van der Waals surface area contributed by atoms with Gasteiger partial charge < -0.3 is 10.2 Å². The van der Waals surface area contributed by atoms with Crippen molar-refractivity contribution in [2.75, 3.05) is 0 Å². The lowest BCUT2D eigenvalue weighted by Crippen LogP contribution is -2.02. The molecule has 0 saturated heterocycles.